The van der Waals surface area contributed by atoms with Gasteiger partial charge in [-0.3, -0.25) is 19.2 Å². The number of aromatic nitrogens is 1. The molecule has 4 rings (SSSR count). The lowest BCUT2D eigenvalue weighted by Gasteiger charge is -2.15. The molecule has 3 aromatic carbocycles. The normalized spacial score (nSPS) is 11.7. The van der Waals surface area contributed by atoms with E-state index < -0.39 is 17.1 Å². The predicted octanol–water partition coefficient (Wildman–Crippen LogP) is 6.18. The topological polar surface area (TPSA) is 136 Å². The molecule has 0 radical (unpaired) electrons. The lowest BCUT2D eigenvalue weighted by Crippen LogP contribution is -2.30. The summed E-state index contributed by atoms with van der Waals surface area (Å²) in [5.74, 6) is -1.04. The largest absolute Gasteiger partial charge is 0.496 e. The van der Waals surface area contributed by atoms with E-state index in [0.717, 1.165) is 4.90 Å². The third-order valence-electron chi connectivity index (χ3n) is 6.41. The number of carbonyl (C=O) groups is 4. The lowest BCUT2D eigenvalue weighted by molar-refractivity contribution is -0.142. The Kier molecular flexibility index (Phi) is 12.5. The number of thioether (sulfide) groups is 1. The van der Waals surface area contributed by atoms with Gasteiger partial charge in [-0.2, -0.15) is 0 Å². The van der Waals surface area contributed by atoms with E-state index >= 15 is 0 Å². The minimum absolute atomic E-state index is 0.0213. The molecule has 1 unspecified atom stereocenters. The molecule has 1 heterocycles. The van der Waals surface area contributed by atoms with Crippen molar-refractivity contribution in [3.8, 4) is 5.75 Å². The Hall–Kier alpha value is -4.94. The van der Waals surface area contributed by atoms with E-state index in [-0.39, 0.29) is 24.0 Å². The number of esters is 1. The molecule has 0 aliphatic heterocycles. The molecule has 0 spiro atoms. The fourth-order valence-electron chi connectivity index (χ4n) is 4.21. The van der Waals surface area contributed by atoms with Crippen LogP contribution in [0.2, 0.25) is 0 Å². The zero-order valence-corrected chi connectivity index (χ0v) is 27.2. The Morgan fingerprint density at radius 1 is 0.957 bits per heavy atom. The first-order chi connectivity index (χ1) is 22.3. The maximum Gasteiger partial charge on any atom is 0.311 e. The highest BCUT2D eigenvalue weighted by Crippen LogP contribution is 2.29. The Labute approximate surface area is 275 Å². The van der Waals surface area contributed by atoms with Gasteiger partial charge in [0.15, 0.2) is 5.13 Å². The molecule has 0 aliphatic rings. The molecule has 12 heteroatoms. The van der Waals surface area contributed by atoms with E-state index in [1.54, 1.807) is 85.1 Å². The molecule has 3 amide bonds. The molecule has 3 N–H and O–H groups in total. The number of amides is 3. The van der Waals surface area contributed by atoms with E-state index in [9.17, 15) is 19.2 Å². The van der Waals surface area contributed by atoms with E-state index in [4.69, 9.17) is 9.47 Å². The minimum atomic E-state index is -0.537. The maximum atomic E-state index is 13.5. The molecule has 0 saturated heterocycles. The number of thiazole rings is 1. The fourth-order valence-corrected chi connectivity index (χ4v) is 5.93. The average molecular weight is 659 g/mol. The van der Waals surface area contributed by atoms with Crippen LogP contribution in [0.5, 0.6) is 5.75 Å². The van der Waals surface area contributed by atoms with Crippen molar-refractivity contribution in [1.82, 2.24) is 10.3 Å². The van der Waals surface area contributed by atoms with Crippen molar-refractivity contribution in [2.75, 3.05) is 24.4 Å². The zero-order valence-electron chi connectivity index (χ0n) is 25.6. The summed E-state index contributed by atoms with van der Waals surface area (Å²) < 4.78 is 10.4. The molecule has 1 atom stereocenters. The van der Waals surface area contributed by atoms with Gasteiger partial charge in [-0.25, -0.2) is 4.98 Å². The van der Waals surface area contributed by atoms with Gasteiger partial charge in [-0.05, 0) is 55.8 Å². The summed E-state index contributed by atoms with van der Waals surface area (Å²) in [7, 11) is 1.53. The van der Waals surface area contributed by atoms with Gasteiger partial charge < -0.3 is 25.4 Å². The van der Waals surface area contributed by atoms with Crippen LogP contribution in [0.3, 0.4) is 0 Å². The van der Waals surface area contributed by atoms with Gasteiger partial charge in [-0.15, -0.1) is 23.1 Å². The third-order valence-corrected chi connectivity index (χ3v) is 8.58. The predicted molar refractivity (Wildman–Crippen MR) is 181 cm³/mol. The molecule has 0 saturated carbocycles. The van der Waals surface area contributed by atoms with Gasteiger partial charge >= 0.3 is 5.97 Å². The van der Waals surface area contributed by atoms with Crippen LogP contribution in [0.15, 0.2) is 94.8 Å². The van der Waals surface area contributed by atoms with E-state index in [0.29, 0.717) is 46.4 Å². The molecular weight excluding hydrogens is 625 g/mol. The number of benzene rings is 3. The molecule has 46 heavy (non-hydrogen) atoms. The maximum absolute atomic E-state index is 13.5. The SMILES string of the molecule is CCOC(=O)Cc1csc(NC(=O)C(CC)Sc2cccc(NC(=O)/C(=C\c3ccccc3OC)NC(=O)c3ccccc3)c2)n1. The second-order valence-corrected chi connectivity index (χ2v) is 11.9. The van der Waals surface area contributed by atoms with Crippen LogP contribution in [-0.4, -0.2) is 47.6 Å². The third kappa shape index (κ3) is 9.78. The first-order valence-electron chi connectivity index (χ1n) is 14.5. The van der Waals surface area contributed by atoms with E-state index in [1.807, 2.05) is 19.1 Å². The molecule has 1 aromatic heterocycles. The molecule has 238 valence electrons. The average Bonchev–Trinajstić information content (AvgIpc) is 3.50. The smallest absolute Gasteiger partial charge is 0.311 e. The summed E-state index contributed by atoms with van der Waals surface area (Å²) in [6.07, 6.45) is 2.13. The van der Waals surface area contributed by atoms with E-state index in [2.05, 4.69) is 20.9 Å². The van der Waals surface area contributed by atoms with Gasteiger partial charge in [0.05, 0.1) is 31.1 Å². The zero-order chi connectivity index (χ0) is 32.9. The van der Waals surface area contributed by atoms with Crippen LogP contribution in [0.4, 0.5) is 10.8 Å². The van der Waals surface area contributed by atoms with Crippen LogP contribution >= 0.6 is 23.1 Å². The van der Waals surface area contributed by atoms with Crippen molar-refractivity contribution in [3.63, 3.8) is 0 Å². The van der Waals surface area contributed by atoms with Crippen molar-refractivity contribution in [2.45, 2.75) is 36.8 Å². The van der Waals surface area contributed by atoms with Crippen LogP contribution in [0, 0.1) is 0 Å². The molecule has 10 nitrogen and oxygen atoms in total. The van der Waals surface area contributed by atoms with Crippen molar-refractivity contribution in [2.24, 2.45) is 0 Å². The number of anilines is 2. The molecule has 4 aromatic rings. The number of nitrogens with zero attached hydrogens (tertiary/aromatic N) is 1. The first kappa shape index (κ1) is 33.9. The number of para-hydroxylation sites is 1. The van der Waals surface area contributed by atoms with Gasteiger partial charge in [0.2, 0.25) is 5.91 Å². The van der Waals surface area contributed by atoms with Crippen LogP contribution in [0.25, 0.3) is 6.08 Å². The van der Waals surface area contributed by atoms with Crippen LogP contribution < -0.4 is 20.7 Å². The molecule has 0 aliphatic carbocycles. The summed E-state index contributed by atoms with van der Waals surface area (Å²) >= 11 is 2.58. The van der Waals surface area contributed by atoms with Crippen LogP contribution in [-0.2, 0) is 25.5 Å². The van der Waals surface area contributed by atoms with Crippen LogP contribution in [0.1, 0.15) is 41.9 Å². The highest BCUT2D eigenvalue weighted by molar-refractivity contribution is 8.00. The van der Waals surface area contributed by atoms with Gasteiger partial charge in [0.25, 0.3) is 11.8 Å². The first-order valence-corrected chi connectivity index (χ1v) is 16.3. The fraction of sp³-hybridized carbons (Fsp3) is 0.206. The number of carbonyl (C=O) groups excluding carboxylic acids is 4. The van der Waals surface area contributed by atoms with Gasteiger partial charge in [0, 0.05) is 27.1 Å². The summed E-state index contributed by atoms with van der Waals surface area (Å²) in [6, 6.07) is 22.9. The van der Waals surface area contributed by atoms with Gasteiger partial charge in [-0.1, -0.05) is 49.4 Å². The number of ether oxygens (including phenoxy) is 2. The number of rotatable bonds is 14. The summed E-state index contributed by atoms with van der Waals surface area (Å²) in [6.45, 7) is 3.93. The monoisotopic (exact) mass is 658 g/mol. The van der Waals surface area contributed by atoms with Crippen molar-refractivity contribution in [1.29, 1.82) is 0 Å². The van der Waals surface area contributed by atoms with E-state index in [1.165, 1.54) is 30.2 Å². The quantitative estimate of drug-likeness (QED) is 0.0831. The summed E-state index contributed by atoms with van der Waals surface area (Å²) in [5.41, 5.74) is 2.04. The molecule has 0 fully saturated rings. The van der Waals surface area contributed by atoms with Crippen molar-refractivity contribution < 1.29 is 28.7 Å². The standard InChI is InChI=1S/C34H34N4O6S2/c1-4-29(33(42)38-34-36-25(21-45-34)20-30(39)44-5-2)46-26-16-11-15-24(19-26)35-32(41)27(18-23-14-9-10-17-28(23)43-3)37-31(40)22-12-7-6-8-13-22/h6-19,21,29H,4-5,20H2,1-3H3,(H,35,41)(H,37,40)(H,36,38,42)/b27-18+. The molecular formula is C34H34N4O6S2. The van der Waals surface area contributed by atoms with Crippen molar-refractivity contribution in [3.05, 3.63) is 107 Å². The highest BCUT2D eigenvalue weighted by Gasteiger charge is 2.21. The minimum Gasteiger partial charge on any atom is -0.496 e. The van der Waals surface area contributed by atoms with Crippen molar-refractivity contribution >= 4 is 63.7 Å². The number of methoxy groups -OCH3 is 1. The molecule has 0 bridgehead atoms. The highest BCUT2D eigenvalue weighted by atomic mass is 32.2. The number of nitrogens with one attached hydrogen (secondary N) is 3. The van der Waals surface area contributed by atoms with Gasteiger partial charge in [0.1, 0.15) is 11.4 Å². The summed E-state index contributed by atoms with van der Waals surface area (Å²) in [5, 5.41) is 10.1. The Balaban J connectivity index is 1.47. The Morgan fingerprint density at radius 3 is 2.46 bits per heavy atom. The second kappa shape index (κ2) is 16.9. The second-order valence-electron chi connectivity index (χ2n) is 9.73. The Bertz CT molecular complexity index is 1710. The number of hydrogen-bond acceptors (Lipinski definition) is 9. The summed E-state index contributed by atoms with van der Waals surface area (Å²) in [4.78, 5) is 56.5. The Morgan fingerprint density at radius 2 is 1.72 bits per heavy atom. The lowest BCUT2D eigenvalue weighted by atomic mass is 10.1. The number of hydrogen-bond donors (Lipinski definition) is 3.